The molecule has 0 unspecified atom stereocenters. The van der Waals surface area contributed by atoms with Crippen molar-refractivity contribution in [3.63, 3.8) is 0 Å². The Bertz CT molecular complexity index is 674. The number of methoxy groups -OCH3 is 1. The Hall–Kier alpha value is -2.55. The zero-order valence-electron chi connectivity index (χ0n) is 18.9. The third kappa shape index (κ3) is 8.06. The number of aliphatic hydroxyl groups is 1. The normalized spacial score (nSPS) is 20.5. The van der Waals surface area contributed by atoms with Crippen molar-refractivity contribution in [2.24, 2.45) is 0 Å². The number of carbonyl (C=O) groups excluding carboxylic acids is 3. The van der Waals surface area contributed by atoms with Crippen LogP contribution in [0, 0.1) is 0 Å². The van der Waals surface area contributed by atoms with E-state index in [-0.39, 0.29) is 18.7 Å². The van der Waals surface area contributed by atoms with E-state index in [1.165, 1.54) is 16.9 Å². The SMILES string of the molecule is CC(C)(C)OC(=O)N1CC=C[C@H]1CO.COC(=O)[C@@H]1C=CCN1C(=O)OC(C)(C)C. The van der Waals surface area contributed by atoms with E-state index in [4.69, 9.17) is 14.6 Å². The highest BCUT2D eigenvalue weighted by molar-refractivity contribution is 5.84. The van der Waals surface area contributed by atoms with Crippen molar-refractivity contribution in [1.29, 1.82) is 0 Å². The lowest BCUT2D eigenvalue weighted by atomic mass is 10.2. The number of esters is 1. The second-order valence-corrected chi connectivity index (χ2v) is 8.84. The Labute approximate surface area is 178 Å². The predicted molar refractivity (Wildman–Crippen MR) is 111 cm³/mol. The van der Waals surface area contributed by atoms with Crippen LogP contribution in [0.4, 0.5) is 9.59 Å². The molecule has 0 aromatic rings. The van der Waals surface area contributed by atoms with Gasteiger partial charge in [-0.15, -0.1) is 0 Å². The monoisotopic (exact) mass is 426 g/mol. The van der Waals surface area contributed by atoms with E-state index in [1.54, 1.807) is 32.9 Å². The van der Waals surface area contributed by atoms with Gasteiger partial charge in [-0.05, 0) is 41.5 Å². The Morgan fingerprint density at radius 1 is 0.900 bits per heavy atom. The first-order chi connectivity index (χ1) is 13.8. The fraction of sp³-hybridized carbons (Fsp3) is 0.667. The molecule has 0 spiro atoms. The van der Waals surface area contributed by atoms with Crippen LogP contribution in [0.25, 0.3) is 0 Å². The summed E-state index contributed by atoms with van der Waals surface area (Å²) in [6.07, 6.45) is 6.16. The van der Waals surface area contributed by atoms with E-state index in [1.807, 2.05) is 32.9 Å². The van der Waals surface area contributed by atoms with Crippen LogP contribution < -0.4 is 0 Å². The molecule has 1 N–H and O–H groups in total. The van der Waals surface area contributed by atoms with Gasteiger partial charge < -0.3 is 19.3 Å². The summed E-state index contributed by atoms with van der Waals surface area (Å²) in [6.45, 7) is 11.6. The minimum Gasteiger partial charge on any atom is -0.467 e. The van der Waals surface area contributed by atoms with E-state index in [2.05, 4.69) is 4.74 Å². The molecule has 2 aliphatic heterocycles. The number of hydrogen-bond acceptors (Lipinski definition) is 7. The highest BCUT2D eigenvalue weighted by Gasteiger charge is 2.34. The zero-order valence-corrected chi connectivity index (χ0v) is 18.9. The van der Waals surface area contributed by atoms with E-state index < -0.39 is 29.3 Å². The molecule has 0 saturated carbocycles. The van der Waals surface area contributed by atoms with Crippen molar-refractivity contribution in [3.8, 4) is 0 Å². The molecule has 0 aliphatic carbocycles. The zero-order chi connectivity index (χ0) is 23.1. The molecular formula is C21H34N2O7. The maximum atomic E-state index is 11.7. The van der Waals surface area contributed by atoms with Crippen LogP contribution in [0.1, 0.15) is 41.5 Å². The van der Waals surface area contributed by atoms with Gasteiger partial charge in [0.1, 0.15) is 11.2 Å². The van der Waals surface area contributed by atoms with Gasteiger partial charge in [0.15, 0.2) is 6.04 Å². The summed E-state index contributed by atoms with van der Waals surface area (Å²) in [5, 5.41) is 8.98. The first-order valence-electron chi connectivity index (χ1n) is 9.80. The van der Waals surface area contributed by atoms with Crippen LogP contribution in [-0.4, -0.2) is 83.2 Å². The summed E-state index contributed by atoms with van der Waals surface area (Å²) in [4.78, 5) is 37.5. The lowest BCUT2D eigenvalue weighted by Gasteiger charge is -2.27. The molecule has 9 heteroatoms. The van der Waals surface area contributed by atoms with Crippen molar-refractivity contribution in [2.75, 3.05) is 26.8 Å². The molecular weight excluding hydrogens is 392 g/mol. The van der Waals surface area contributed by atoms with Gasteiger partial charge in [0, 0.05) is 13.1 Å². The highest BCUT2D eigenvalue weighted by atomic mass is 16.6. The van der Waals surface area contributed by atoms with E-state index in [0.29, 0.717) is 13.1 Å². The molecule has 170 valence electrons. The van der Waals surface area contributed by atoms with Gasteiger partial charge in [0.05, 0.1) is 19.8 Å². The number of amides is 2. The van der Waals surface area contributed by atoms with Crippen molar-refractivity contribution in [1.82, 2.24) is 9.80 Å². The summed E-state index contributed by atoms with van der Waals surface area (Å²) in [5.74, 6) is -0.459. The molecule has 0 aromatic carbocycles. The number of hydrogen-bond donors (Lipinski definition) is 1. The highest BCUT2D eigenvalue weighted by Crippen LogP contribution is 2.17. The van der Waals surface area contributed by atoms with Gasteiger partial charge in [-0.3, -0.25) is 9.80 Å². The van der Waals surface area contributed by atoms with Gasteiger partial charge in [-0.25, -0.2) is 14.4 Å². The summed E-state index contributed by atoms with van der Waals surface area (Å²) in [7, 11) is 1.29. The summed E-state index contributed by atoms with van der Waals surface area (Å²) in [6, 6.07) is -0.898. The van der Waals surface area contributed by atoms with Crippen LogP contribution in [0.5, 0.6) is 0 Å². The average molecular weight is 427 g/mol. The molecule has 0 bridgehead atoms. The molecule has 0 fully saturated rings. The van der Waals surface area contributed by atoms with E-state index in [0.717, 1.165) is 0 Å². The largest absolute Gasteiger partial charge is 0.467 e. The lowest BCUT2D eigenvalue weighted by Crippen LogP contribution is -2.44. The van der Waals surface area contributed by atoms with Crippen LogP contribution in [-0.2, 0) is 19.0 Å². The lowest BCUT2D eigenvalue weighted by molar-refractivity contribution is -0.144. The summed E-state index contributed by atoms with van der Waals surface area (Å²) >= 11 is 0. The maximum Gasteiger partial charge on any atom is 0.411 e. The molecule has 30 heavy (non-hydrogen) atoms. The molecule has 2 aliphatic rings. The van der Waals surface area contributed by atoms with Crippen LogP contribution >= 0.6 is 0 Å². The first kappa shape index (κ1) is 25.5. The van der Waals surface area contributed by atoms with E-state index in [9.17, 15) is 14.4 Å². The minimum atomic E-state index is -0.667. The Kier molecular flexibility index (Phi) is 8.90. The third-order valence-corrected chi connectivity index (χ3v) is 3.90. The molecule has 9 nitrogen and oxygen atoms in total. The van der Waals surface area contributed by atoms with Gasteiger partial charge in [-0.2, -0.15) is 0 Å². The Morgan fingerprint density at radius 3 is 1.83 bits per heavy atom. The first-order valence-corrected chi connectivity index (χ1v) is 9.80. The summed E-state index contributed by atoms with van der Waals surface area (Å²) < 4.78 is 15.0. The summed E-state index contributed by atoms with van der Waals surface area (Å²) in [5.41, 5.74) is -1.06. The van der Waals surface area contributed by atoms with Gasteiger partial charge in [-0.1, -0.05) is 24.3 Å². The standard InChI is InChI=1S/C11H17NO4.C10H17NO3/c1-11(2,3)16-10(14)12-7-5-6-8(12)9(13)15-4;1-10(2,3)14-9(13)11-6-4-5-8(11)7-12/h5-6,8H,7H2,1-4H3;4-5,8,12H,6-7H2,1-3H3/t2*8-/m00/s1. The topological polar surface area (TPSA) is 106 Å². The number of rotatable bonds is 2. The third-order valence-electron chi connectivity index (χ3n) is 3.90. The molecule has 0 saturated heterocycles. The minimum absolute atomic E-state index is 0.0598. The number of aliphatic hydroxyl groups excluding tert-OH is 1. The maximum absolute atomic E-state index is 11.7. The fourth-order valence-electron chi connectivity index (χ4n) is 2.62. The van der Waals surface area contributed by atoms with Crippen molar-refractivity contribution in [2.45, 2.75) is 64.8 Å². The number of carbonyl (C=O) groups is 3. The number of ether oxygens (including phenoxy) is 3. The molecule has 2 amide bonds. The van der Waals surface area contributed by atoms with Crippen LogP contribution in [0.2, 0.25) is 0 Å². The molecule has 2 heterocycles. The molecule has 2 rings (SSSR count). The van der Waals surface area contributed by atoms with Crippen molar-refractivity contribution < 1.29 is 33.7 Å². The Morgan fingerprint density at radius 2 is 1.37 bits per heavy atom. The van der Waals surface area contributed by atoms with E-state index >= 15 is 0 Å². The molecule has 0 radical (unpaired) electrons. The molecule has 0 aromatic heterocycles. The predicted octanol–water partition coefficient (Wildman–Crippen LogP) is 2.49. The van der Waals surface area contributed by atoms with Gasteiger partial charge in [0.2, 0.25) is 0 Å². The van der Waals surface area contributed by atoms with Crippen molar-refractivity contribution >= 4 is 18.2 Å². The smallest absolute Gasteiger partial charge is 0.411 e. The Balaban J connectivity index is 0.000000303. The van der Waals surface area contributed by atoms with Gasteiger partial charge in [0.25, 0.3) is 0 Å². The number of nitrogens with zero attached hydrogens (tertiary/aromatic N) is 2. The van der Waals surface area contributed by atoms with Crippen LogP contribution in [0.15, 0.2) is 24.3 Å². The second-order valence-electron chi connectivity index (χ2n) is 8.84. The van der Waals surface area contributed by atoms with Crippen molar-refractivity contribution in [3.05, 3.63) is 24.3 Å². The van der Waals surface area contributed by atoms with Gasteiger partial charge >= 0.3 is 18.2 Å². The van der Waals surface area contributed by atoms with Crippen LogP contribution in [0.3, 0.4) is 0 Å². The average Bonchev–Trinajstić information content (AvgIpc) is 3.27. The molecule has 2 atom stereocenters. The quantitative estimate of drug-likeness (QED) is 0.411. The second kappa shape index (κ2) is 10.5. The fourth-order valence-corrected chi connectivity index (χ4v) is 2.62.